The average Bonchev–Trinajstić information content (AvgIpc) is 2.68. The maximum atomic E-state index is 11.6. The van der Waals surface area contributed by atoms with Crippen LogP contribution in [0.15, 0.2) is 0 Å². The monoisotopic (exact) mass is 534 g/mol. The number of alkyl carbamates (subject to hydrolysis) is 2. The van der Waals surface area contributed by atoms with E-state index < -0.39 is 47.4 Å². The van der Waals surface area contributed by atoms with Crippen molar-refractivity contribution in [3.8, 4) is 0 Å². The molecule has 12 nitrogen and oxygen atoms in total. The third kappa shape index (κ3) is 23.5. The number of carbonyl (C=O) groups excluding carboxylic acids is 3. The van der Waals surface area contributed by atoms with Crippen LogP contribution in [-0.4, -0.2) is 111 Å². The van der Waals surface area contributed by atoms with Gasteiger partial charge >= 0.3 is 24.1 Å². The van der Waals surface area contributed by atoms with Crippen LogP contribution in [0.3, 0.4) is 0 Å². The van der Waals surface area contributed by atoms with Crippen LogP contribution in [-0.2, 0) is 23.8 Å². The van der Waals surface area contributed by atoms with Crippen molar-refractivity contribution < 1.29 is 38.5 Å². The number of methoxy groups -OCH3 is 1. The summed E-state index contributed by atoms with van der Waals surface area (Å²) < 4.78 is 14.8. The second-order valence-electron chi connectivity index (χ2n) is 11.2. The van der Waals surface area contributed by atoms with E-state index in [9.17, 15) is 19.2 Å². The summed E-state index contributed by atoms with van der Waals surface area (Å²) in [6, 6.07) is -1.57. The molecule has 2 atom stereocenters. The Labute approximate surface area is 222 Å². The van der Waals surface area contributed by atoms with Gasteiger partial charge in [0.1, 0.15) is 23.3 Å². The number of carbonyl (C=O) groups is 4. The first kappa shape index (κ1) is 36.6. The standard InChI is InChI=1S/C13H26N2O4.C12H24N2O4/c1-13(2,3)19-12(17)14-10(11(16)18-6)8-7-9-15(4)5;1-12(2,3)18-11(17)13-9(10(15)16)7-6-8-14(4)5/h10H,7-9H2,1-6H3,(H,14,17);9H,6-8H2,1-5H3,(H,13,17)(H,15,16)/t10-;9-/m00/s1. The van der Waals surface area contributed by atoms with Crippen LogP contribution in [0.25, 0.3) is 0 Å². The maximum Gasteiger partial charge on any atom is 0.408 e. The zero-order valence-corrected chi connectivity index (χ0v) is 24.6. The molecule has 0 aromatic carbocycles. The van der Waals surface area contributed by atoms with E-state index in [-0.39, 0.29) is 0 Å². The Kier molecular flexibility index (Phi) is 17.6. The van der Waals surface area contributed by atoms with Gasteiger partial charge in [-0.25, -0.2) is 19.2 Å². The zero-order valence-electron chi connectivity index (χ0n) is 24.6. The Bertz CT molecular complexity index is 700. The minimum atomic E-state index is -1.04. The van der Waals surface area contributed by atoms with Gasteiger partial charge in [0.05, 0.1) is 7.11 Å². The minimum absolute atomic E-state index is 0.382. The number of ether oxygens (including phenoxy) is 3. The van der Waals surface area contributed by atoms with Crippen molar-refractivity contribution in [2.75, 3.05) is 48.4 Å². The van der Waals surface area contributed by atoms with Crippen molar-refractivity contribution in [2.24, 2.45) is 0 Å². The highest BCUT2D eigenvalue weighted by Gasteiger charge is 2.25. The van der Waals surface area contributed by atoms with Crippen LogP contribution in [0, 0.1) is 0 Å². The molecule has 2 amide bonds. The first-order valence-electron chi connectivity index (χ1n) is 12.4. The molecular formula is C25H50N4O8. The van der Waals surface area contributed by atoms with Gasteiger partial charge in [0.2, 0.25) is 0 Å². The third-order valence-electron chi connectivity index (χ3n) is 4.36. The number of nitrogens with zero attached hydrogens (tertiary/aromatic N) is 2. The number of esters is 1. The Morgan fingerprint density at radius 2 is 1.08 bits per heavy atom. The highest BCUT2D eigenvalue weighted by molar-refractivity contribution is 5.81. The molecule has 0 aliphatic heterocycles. The van der Waals surface area contributed by atoms with E-state index >= 15 is 0 Å². The third-order valence-corrected chi connectivity index (χ3v) is 4.36. The van der Waals surface area contributed by atoms with Gasteiger partial charge in [-0.05, 0) is 109 Å². The largest absolute Gasteiger partial charge is 0.480 e. The molecule has 0 heterocycles. The van der Waals surface area contributed by atoms with Crippen molar-refractivity contribution >= 4 is 24.1 Å². The molecule has 218 valence electrons. The van der Waals surface area contributed by atoms with Crippen molar-refractivity contribution in [3.63, 3.8) is 0 Å². The van der Waals surface area contributed by atoms with Crippen molar-refractivity contribution in [1.82, 2.24) is 20.4 Å². The fourth-order valence-corrected chi connectivity index (χ4v) is 2.77. The second kappa shape index (κ2) is 17.8. The molecule has 0 aromatic rings. The Balaban J connectivity index is 0. The van der Waals surface area contributed by atoms with Gasteiger partial charge in [-0.2, -0.15) is 0 Å². The van der Waals surface area contributed by atoms with E-state index in [1.165, 1.54) is 7.11 Å². The zero-order chi connectivity index (χ0) is 29.4. The number of carboxylic acid groups (broad SMARTS) is 1. The first-order chi connectivity index (χ1) is 16.8. The SMILES string of the molecule is CN(C)CCC[C@H](NC(=O)OC(C)(C)C)C(=O)O.COC(=O)[C@H](CCCN(C)C)NC(=O)OC(C)(C)C. The Hall–Kier alpha value is -2.60. The smallest absolute Gasteiger partial charge is 0.408 e. The van der Waals surface area contributed by atoms with Gasteiger partial charge in [0.25, 0.3) is 0 Å². The van der Waals surface area contributed by atoms with Gasteiger partial charge in [-0.15, -0.1) is 0 Å². The molecule has 0 saturated carbocycles. The molecule has 0 saturated heterocycles. The molecule has 0 bridgehead atoms. The van der Waals surface area contributed by atoms with Crippen LogP contribution < -0.4 is 10.6 Å². The molecule has 0 rings (SSSR count). The molecular weight excluding hydrogens is 484 g/mol. The van der Waals surface area contributed by atoms with Crippen molar-refractivity contribution in [3.05, 3.63) is 0 Å². The lowest BCUT2D eigenvalue weighted by Gasteiger charge is -2.22. The molecule has 0 spiro atoms. The summed E-state index contributed by atoms with van der Waals surface area (Å²) in [5.74, 6) is -1.50. The van der Waals surface area contributed by atoms with Crippen molar-refractivity contribution in [1.29, 1.82) is 0 Å². The predicted molar refractivity (Wildman–Crippen MR) is 142 cm³/mol. The van der Waals surface area contributed by atoms with Gasteiger partial charge < -0.3 is 39.8 Å². The normalized spacial score (nSPS) is 13.1. The van der Waals surface area contributed by atoms with Crippen LogP contribution in [0.1, 0.15) is 67.2 Å². The molecule has 0 fully saturated rings. The number of carboxylic acids is 1. The van der Waals surface area contributed by atoms with E-state index in [2.05, 4.69) is 15.4 Å². The molecule has 37 heavy (non-hydrogen) atoms. The van der Waals surface area contributed by atoms with Gasteiger partial charge in [0.15, 0.2) is 0 Å². The molecule has 12 heteroatoms. The summed E-state index contributed by atoms with van der Waals surface area (Å²) in [6.07, 6.45) is 1.08. The maximum absolute atomic E-state index is 11.6. The Morgan fingerprint density at radius 3 is 1.38 bits per heavy atom. The fourth-order valence-electron chi connectivity index (χ4n) is 2.77. The van der Waals surface area contributed by atoms with Gasteiger partial charge in [-0.3, -0.25) is 0 Å². The van der Waals surface area contributed by atoms with Gasteiger partial charge in [-0.1, -0.05) is 0 Å². The number of aliphatic carboxylic acids is 1. The highest BCUT2D eigenvalue weighted by Crippen LogP contribution is 2.09. The van der Waals surface area contributed by atoms with Crippen LogP contribution in [0.5, 0.6) is 0 Å². The fraction of sp³-hybridized carbons (Fsp3) is 0.840. The summed E-state index contributed by atoms with van der Waals surface area (Å²) in [6.45, 7) is 12.1. The average molecular weight is 535 g/mol. The lowest BCUT2D eigenvalue weighted by atomic mass is 10.1. The molecule has 3 N–H and O–H groups in total. The van der Waals surface area contributed by atoms with Crippen molar-refractivity contribution in [2.45, 2.75) is 90.5 Å². The molecule has 0 aliphatic rings. The lowest BCUT2D eigenvalue weighted by Crippen LogP contribution is -2.44. The minimum Gasteiger partial charge on any atom is -0.480 e. The number of hydrogen-bond acceptors (Lipinski definition) is 9. The summed E-state index contributed by atoms with van der Waals surface area (Å²) in [5.41, 5.74) is -1.22. The molecule has 0 aromatic heterocycles. The van der Waals surface area contributed by atoms with Crippen LogP contribution in [0.2, 0.25) is 0 Å². The number of rotatable bonds is 12. The number of hydrogen-bond donors (Lipinski definition) is 3. The molecule has 0 unspecified atom stereocenters. The van der Waals surface area contributed by atoms with E-state index in [0.29, 0.717) is 19.3 Å². The van der Waals surface area contributed by atoms with E-state index in [1.54, 1.807) is 41.5 Å². The van der Waals surface area contributed by atoms with E-state index in [4.69, 9.17) is 14.6 Å². The van der Waals surface area contributed by atoms with Crippen LogP contribution in [0.4, 0.5) is 9.59 Å². The first-order valence-corrected chi connectivity index (χ1v) is 12.4. The predicted octanol–water partition coefficient (Wildman–Crippen LogP) is 2.70. The number of amides is 2. The lowest BCUT2D eigenvalue weighted by molar-refractivity contribution is -0.143. The van der Waals surface area contributed by atoms with E-state index in [1.807, 2.05) is 38.0 Å². The van der Waals surface area contributed by atoms with Gasteiger partial charge in [0, 0.05) is 0 Å². The van der Waals surface area contributed by atoms with E-state index in [0.717, 1.165) is 19.5 Å². The Morgan fingerprint density at radius 1 is 0.730 bits per heavy atom. The second-order valence-corrected chi connectivity index (χ2v) is 11.2. The quantitative estimate of drug-likeness (QED) is 0.252. The summed E-state index contributed by atoms with van der Waals surface area (Å²) in [5, 5.41) is 13.9. The highest BCUT2D eigenvalue weighted by atomic mass is 16.6. The summed E-state index contributed by atoms with van der Waals surface area (Å²) in [7, 11) is 9.04. The summed E-state index contributed by atoms with van der Waals surface area (Å²) >= 11 is 0. The molecule has 0 aliphatic carbocycles. The topological polar surface area (TPSA) is 147 Å². The van der Waals surface area contributed by atoms with Crippen LogP contribution >= 0.6 is 0 Å². The summed E-state index contributed by atoms with van der Waals surface area (Å²) in [4.78, 5) is 49.7. The molecule has 0 radical (unpaired) electrons. The number of nitrogens with one attached hydrogen (secondary N) is 2.